The number of hydrogen-bond acceptors (Lipinski definition) is 3. The lowest BCUT2D eigenvalue weighted by Crippen LogP contribution is -2.57. The first-order chi connectivity index (χ1) is 13.2. The number of ether oxygens (including phenoxy) is 1. The summed E-state index contributed by atoms with van der Waals surface area (Å²) in [6.45, 7) is 8.86. The Morgan fingerprint density at radius 2 is 1.68 bits per heavy atom. The zero-order valence-corrected chi connectivity index (χ0v) is 17.2. The molecular formula is C25H29NO2. The molecule has 146 valence electrons. The number of benzene rings is 2. The highest BCUT2D eigenvalue weighted by molar-refractivity contribution is 5.96. The maximum Gasteiger partial charge on any atom is 0.163 e. The van der Waals surface area contributed by atoms with Crippen LogP contribution in [-0.4, -0.2) is 16.9 Å². The van der Waals surface area contributed by atoms with Crippen molar-refractivity contribution in [3.05, 3.63) is 59.7 Å². The van der Waals surface area contributed by atoms with Gasteiger partial charge in [0.2, 0.25) is 0 Å². The molecule has 3 nitrogen and oxygen atoms in total. The van der Waals surface area contributed by atoms with Crippen molar-refractivity contribution < 1.29 is 9.53 Å². The Labute approximate surface area is 168 Å². The molecule has 1 heterocycles. The average Bonchev–Trinajstić information content (AvgIpc) is 2.60. The second-order valence-electron chi connectivity index (χ2n) is 9.06. The van der Waals surface area contributed by atoms with E-state index in [9.17, 15) is 4.79 Å². The van der Waals surface area contributed by atoms with Crippen LogP contribution in [0.1, 0.15) is 62.9 Å². The molecule has 0 atom stereocenters. The Balaban J connectivity index is 1.66. The minimum Gasteiger partial charge on any atom is -0.456 e. The lowest BCUT2D eigenvalue weighted by atomic mass is 9.74. The largest absolute Gasteiger partial charge is 0.456 e. The van der Waals surface area contributed by atoms with Crippen LogP contribution >= 0.6 is 0 Å². The third-order valence-electron chi connectivity index (χ3n) is 5.20. The molecule has 2 aromatic rings. The van der Waals surface area contributed by atoms with E-state index >= 15 is 0 Å². The molecule has 1 fully saturated rings. The number of nitrogens with one attached hydrogen (secondary N) is 1. The SMILES string of the molecule is C#Cc1ccccc1Oc1ccc(C(=O)CC2CC(C)(C)NC(C)(C)C2)cc1. The predicted molar refractivity (Wildman–Crippen MR) is 114 cm³/mol. The molecule has 0 aliphatic carbocycles. The molecule has 1 aliphatic rings. The average molecular weight is 376 g/mol. The smallest absolute Gasteiger partial charge is 0.163 e. The number of carbonyl (C=O) groups excluding carboxylic acids is 1. The van der Waals surface area contributed by atoms with E-state index in [0.29, 0.717) is 29.4 Å². The normalized spacial score (nSPS) is 18.2. The number of carbonyl (C=O) groups is 1. The van der Waals surface area contributed by atoms with E-state index in [-0.39, 0.29) is 16.9 Å². The summed E-state index contributed by atoms with van der Waals surface area (Å²) in [5, 5.41) is 3.67. The third kappa shape index (κ3) is 5.03. The van der Waals surface area contributed by atoms with E-state index in [0.717, 1.165) is 18.4 Å². The van der Waals surface area contributed by atoms with Gasteiger partial charge in [0.1, 0.15) is 11.5 Å². The van der Waals surface area contributed by atoms with E-state index in [1.807, 2.05) is 48.5 Å². The van der Waals surface area contributed by atoms with Crippen LogP contribution in [0.4, 0.5) is 0 Å². The zero-order chi connectivity index (χ0) is 20.4. The molecule has 3 heteroatoms. The van der Waals surface area contributed by atoms with Crippen LogP contribution in [0.2, 0.25) is 0 Å². The second-order valence-corrected chi connectivity index (χ2v) is 9.06. The van der Waals surface area contributed by atoms with Gasteiger partial charge in [0.05, 0.1) is 5.56 Å². The van der Waals surface area contributed by atoms with Crippen molar-refractivity contribution in [3.63, 3.8) is 0 Å². The summed E-state index contributed by atoms with van der Waals surface area (Å²) in [5.74, 6) is 4.51. The van der Waals surface area contributed by atoms with Gasteiger partial charge in [-0.25, -0.2) is 0 Å². The number of terminal acetylenes is 1. The molecule has 0 bridgehead atoms. The van der Waals surface area contributed by atoms with Crippen molar-refractivity contribution in [2.24, 2.45) is 5.92 Å². The number of piperidine rings is 1. The summed E-state index contributed by atoms with van der Waals surface area (Å²) < 4.78 is 5.88. The molecule has 0 amide bonds. The van der Waals surface area contributed by atoms with E-state index in [1.165, 1.54) is 0 Å². The first-order valence-corrected chi connectivity index (χ1v) is 9.84. The Hall–Kier alpha value is -2.57. The van der Waals surface area contributed by atoms with Crippen LogP contribution in [0.15, 0.2) is 48.5 Å². The molecular weight excluding hydrogens is 346 g/mol. The maximum atomic E-state index is 12.8. The molecule has 0 spiro atoms. The third-order valence-corrected chi connectivity index (χ3v) is 5.20. The van der Waals surface area contributed by atoms with Crippen LogP contribution in [0.25, 0.3) is 0 Å². The predicted octanol–water partition coefficient (Wildman–Crippen LogP) is 5.59. The standard InChI is InChI=1S/C25H29NO2/c1-6-19-9-7-8-10-23(19)28-21-13-11-20(12-14-21)22(27)15-18-16-24(2,3)26-25(4,5)17-18/h1,7-14,18,26H,15-17H2,2-5H3. The Kier molecular flexibility index (Phi) is 5.63. The lowest BCUT2D eigenvalue weighted by Gasteiger charge is -2.46. The Morgan fingerprint density at radius 3 is 2.29 bits per heavy atom. The molecule has 1 aliphatic heterocycles. The fraction of sp³-hybridized carbons (Fsp3) is 0.400. The lowest BCUT2D eigenvalue weighted by molar-refractivity contribution is 0.0864. The highest BCUT2D eigenvalue weighted by atomic mass is 16.5. The van der Waals surface area contributed by atoms with Gasteiger partial charge in [0.25, 0.3) is 0 Å². The minimum absolute atomic E-state index is 0.0504. The van der Waals surface area contributed by atoms with Gasteiger partial charge < -0.3 is 10.1 Å². The van der Waals surface area contributed by atoms with Crippen LogP contribution < -0.4 is 10.1 Å². The summed E-state index contributed by atoms with van der Waals surface area (Å²) in [5.41, 5.74) is 1.54. The second kappa shape index (κ2) is 7.81. The van der Waals surface area contributed by atoms with Crippen molar-refractivity contribution in [3.8, 4) is 23.8 Å². The van der Waals surface area contributed by atoms with E-state index in [2.05, 4.69) is 38.9 Å². The summed E-state index contributed by atoms with van der Waals surface area (Å²) in [4.78, 5) is 12.8. The van der Waals surface area contributed by atoms with Crippen LogP contribution in [0.5, 0.6) is 11.5 Å². The van der Waals surface area contributed by atoms with Crippen LogP contribution in [0.3, 0.4) is 0 Å². The molecule has 1 N–H and O–H groups in total. The highest BCUT2D eigenvalue weighted by Gasteiger charge is 2.38. The van der Waals surface area contributed by atoms with Gasteiger partial charge in [-0.15, -0.1) is 6.42 Å². The molecule has 0 radical (unpaired) electrons. The van der Waals surface area contributed by atoms with E-state index < -0.39 is 0 Å². The van der Waals surface area contributed by atoms with Crippen molar-refractivity contribution in [2.45, 2.75) is 58.0 Å². The van der Waals surface area contributed by atoms with Gasteiger partial charge in [-0.1, -0.05) is 18.1 Å². The van der Waals surface area contributed by atoms with Crippen LogP contribution in [0, 0.1) is 18.3 Å². The maximum absolute atomic E-state index is 12.8. The Bertz CT molecular complexity index is 872. The summed E-state index contributed by atoms with van der Waals surface area (Å²) in [7, 11) is 0. The van der Waals surface area contributed by atoms with E-state index in [4.69, 9.17) is 11.2 Å². The first-order valence-electron chi connectivity index (χ1n) is 9.84. The molecule has 3 rings (SSSR count). The quantitative estimate of drug-likeness (QED) is 0.547. The topological polar surface area (TPSA) is 38.3 Å². The number of para-hydroxylation sites is 1. The summed E-state index contributed by atoms with van der Waals surface area (Å²) in [6, 6.07) is 14.8. The van der Waals surface area contributed by atoms with Crippen molar-refractivity contribution >= 4 is 5.78 Å². The van der Waals surface area contributed by atoms with Gasteiger partial charge in [-0.3, -0.25) is 4.79 Å². The fourth-order valence-corrected chi connectivity index (χ4v) is 4.57. The molecule has 1 saturated heterocycles. The fourth-order valence-electron chi connectivity index (χ4n) is 4.57. The van der Waals surface area contributed by atoms with Crippen molar-refractivity contribution in [1.82, 2.24) is 5.32 Å². The van der Waals surface area contributed by atoms with E-state index in [1.54, 1.807) is 0 Å². The van der Waals surface area contributed by atoms with Crippen molar-refractivity contribution in [2.75, 3.05) is 0 Å². The van der Waals surface area contributed by atoms with Gasteiger partial charge in [-0.2, -0.15) is 0 Å². The number of rotatable bonds is 5. The van der Waals surface area contributed by atoms with Gasteiger partial charge in [-0.05, 0) is 82.9 Å². The number of ketones is 1. The molecule has 28 heavy (non-hydrogen) atoms. The summed E-state index contributed by atoms with van der Waals surface area (Å²) in [6.07, 6.45) is 8.11. The van der Waals surface area contributed by atoms with Gasteiger partial charge in [0.15, 0.2) is 5.78 Å². The Morgan fingerprint density at radius 1 is 1.07 bits per heavy atom. The highest BCUT2D eigenvalue weighted by Crippen LogP contribution is 2.35. The van der Waals surface area contributed by atoms with Gasteiger partial charge in [0, 0.05) is 23.1 Å². The minimum atomic E-state index is 0.0504. The number of hydrogen-bond donors (Lipinski definition) is 1. The van der Waals surface area contributed by atoms with Crippen molar-refractivity contribution in [1.29, 1.82) is 0 Å². The number of Topliss-reactive ketones (excluding diaryl/α,β-unsaturated/α-hetero) is 1. The first kappa shape index (κ1) is 20.2. The molecule has 0 aromatic heterocycles. The summed E-state index contributed by atoms with van der Waals surface area (Å²) >= 11 is 0. The molecule has 0 saturated carbocycles. The zero-order valence-electron chi connectivity index (χ0n) is 17.2. The molecule has 2 aromatic carbocycles. The van der Waals surface area contributed by atoms with Gasteiger partial charge >= 0.3 is 0 Å². The monoisotopic (exact) mass is 375 g/mol. The molecule has 0 unspecified atom stereocenters. The van der Waals surface area contributed by atoms with Crippen LogP contribution in [-0.2, 0) is 0 Å².